The highest BCUT2D eigenvalue weighted by Crippen LogP contribution is 2.21. The van der Waals surface area contributed by atoms with E-state index in [1.165, 1.54) is 19.1 Å². The molecule has 0 aliphatic rings. The van der Waals surface area contributed by atoms with Crippen molar-refractivity contribution in [3.8, 4) is 0 Å². The topological polar surface area (TPSA) is 81.6 Å². The number of carbonyl (C=O) groups is 1. The Balaban J connectivity index is 3.13. The van der Waals surface area contributed by atoms with E-state index in [1.807, 2.05) is 11.0 Å². The van der Waals surface area contributed by atoms with Gasteiger partial charge in [0, 0.05) is 5.56 Å². The van der Waals surface area contributed by atoms with Gasteiger partial charge in [-0.3, -0.25) is 26.2 Å². The zero-order valence-corrected chi connectivity index (χ0v) is 7.03. The van der Waals surface area contributed by atoms with Crippen molar-refractivity contribution in [3.05, 3.63) is 23.8 Å². The van der Waals surface area contributed by atoms with Gasteiger partial charge in [-0.1, -0.05) is 0 Å². The minimum Gasteiger partial charge on any atom is -0.295 e. The van der Waals surface area contributed by atoms with E-state index in [4.69, 9.17) is 10.4 Å². The lowest BCUT2D eigenvalue weighted by Gasteiger charge is -2.07. The third-order valence-corrected chi connectivity index (χ3v) is 1.67. The maximum absolute atomic E-state index is 10.9. The molecular formula is C8H10N2O3. The van der Waals surface area contributed by atoms with E-state index in [1.54, 1.807) is 6.07 Å². The zero-order chi connectivity index (χ0) is 9.84. The first-order valence-electron chi connectivity index (χ1n) is 3.64. The standard InChI is InChI=1S/C8H10N2O3/c1-5(11)6-2-3-7(9-12)8(4-6)10-13/h2-4,9-10,12-13H,1H3. The number of ketones is 1. The van der Waals surface area contributed by atoms with Gasteiger partial charge in [-0.15, -0.1) is 0 Å². The maximum atomic E-state index is 10.9. The van der Waals surface area contributed by atoms with Crippen molar-refractivity contribution < 1.29 is 15.2 Å². The molecule has 0 aliphatic heterocycles. The minimum absolute atomic E-state index is 0.110. The predicted molar refractivity (Wildman–Crippen MR) is 47.3 cm³/mol. The summed E-state index contributed by atoms with van der Waals surface area (Å²) in [6.07, 6.45) is 0. The Morgan fingerprint density at radius 2 is 1.85 bits per heavy atom. The maximum Gasteiger partial charge on any atom is 0.159 e. The fourth-order valence-electron chi connectivity index (χ4n) is 0.953. The first-order valence-corrected chi connectivity index (χ1v) is 3.64. The van der Waals surface area contributed by atoms with Crippen molar-refractivity contribution in [1.82, 2.24) is 0 Å². The van der Waals surface area contributed by atoms with Crippen LogP contribution >= 0.6 is 0 Å². The zero-order valence-electron chi connectivity index (χ0n) is 7.03. The molecule has 0 bridgehead atoms. The molecule has 0 heterocycles. The molecule has 0 atom stereocenters. The van der Waals surface area contributed by atoms with E-state index in [-0.39, 0.29) is 11.5 Å². The van der Waals surface area contributed by atoms with E-state index in [9.17, 15) is 4.79 Å². The molecule has 5 heteroatoms. The lowest BCUT2D eigenvalue weighted by molar-refractivity contribution is 0.101. The smallest absolute Gasteiger partial charge is 0.159 e. The number of hydrogen-bond acceptors (Lipinski definition) is 5. The van der Waals surface area contributed by atoms with Crippen molar-refractivity contribution in [3.63, 3.8) is 0 Å². The highest BCUT2D eigenvalue weighted by Gasteiger charge is 2.04. The average molecular weight is 182 g/mol. The number of Topliss-reactive ketones (excluding diaryl/α,β-unsaturated/α-hetero) is 1. The van der Waals surface area contributed by atoms with E-state index in [0.717, 1.165) is 0 Å². The Bertz CT molecular complexity index is 325. The molecule has 0 amide bonds. The molecule has 0 aliphatic carbocycles. The van der Waals surface area contributed by atoms with Crippen LogP contribution < -0.4 is 11.0 Å². The number of hydrogen-bond donors (Lipinski definition) is 4. The van der Waals surface area contributed by atoms with Gasteiger partial charge in [-0.25, -0.2) is 0 Å². The molecule has 0 aromatic heterocycles. The molecule has 1 rings (SSSR count). The van der Waals surface area contributed by atoms with E-state index >= 15 is 0 Å². The average Bonchev–Trinajstić information content (AvgIpc) is 2.16. The minimum atomic E-state index is -0.110. The van der Waals surface area contributed by atoms with Gasteiger partial charge in [-0.05, 0) is 25.1 Å². The number of rotatable bonds is 3. The van der Waals surface area contributed by atoms with Crippen molar-refractivity contribution in [1.29, 1.82) is 0 Å². The first-order chi connectivity index (χ1) is 6.19. The lowest BCUT2D eigenvalue weighted by Crippen LogP contribution is -2.00. The molecule has 70 valence electrons. The Morgan fingerprint density at radius 3 is 2.31 bits per heavy atom. The second-order valence-electron chi connectivity index (χ2n) is 2.54. The van der Waals surface area contributed by atoms with E-state index in [0.29, 0.717) is 11.3 Å². The highest BCUT2D eigenvalue weighted by molar-refractivity contribution is 5.96. The van der Waals surface area contributed by atoms with Crippen LogP contribution in [0.3, 0.4) is 0 Å². The normalized spacial score (nSPS) is 9.46. The molecule has 0 saturated heterocycles. The molecule has 0 fully saturated rings. The molecule has 0 radical (unpaired) electrons. The summed E-state index contributed by atoms with van der Waals surface area (Å²) in [5.41, 5.74) is 4.74. The fourth-order valence-corrected chi connectivity index (χ4v) is 0.953. The molecule has 0 saturated carbocycles. The van der Waals surface area contributed by atoms with Crippen LogP contribution in [0.25, 0.3) is 0 Å². The van der Waals surface area contributed by atoms with Crippen LogP contribution in [0.15, 0.2) is 18.2 Å². The first kappa shape index (κ1) is 9.50. The van der Waals surface area contributed by atoms with E-state index in [2.05, 4.69) is 0 Å². The molecule has 5 nitrogen and oxygen atoms in total. The van der Waals surface area contributed by atoms with Gasteiger partial charge in [0.05, 0.1) is 11.4 Å². The molecule has 4 N–H and O–H groups in total. The van der Waals surface area contributed by atoms with Gasteiger partial charge in [-0.2, -0.15) is 0 Å². The quantitative estimate of drug-likeness (QED) is 0.420. The van der Waals surface area contributed by atoms with Gasteiger partial charge >= 0.3 is 0 Å². The fraction of sp³-hybridized carbons (Fsp3) is 0.125. The molecule has 1 aromatic carbocycles. The molecule has 0 spiro atoms. The number of anilines is 2. The number of carbonyl (C=O) groups excluding carboxylic acids is 1. The second kappa shape index (κ2) is 3.88. The monoisotopic (exact) mass is 182 g/mol. The van der Waals surface area contributed by atoms with Crippen molar-refractivity contribution in [2.75, 3.05) is 11.0 Å². The van der Waals surface area contributed by atoms with Crippen molar-refractivity contribution in [2.45, 2.75) is 6.92 Å². The molecule has 0 unspecified atom stereocenters. The van der Waals surface area contributed by atoms with Crippen LogP contribution in [0.2, 0.25) is 0 Å². The van der Waals surface area contributed by atoms with Gasteiger partial charge in [0.1, 0.15) is 0 Å². The van der Waals surface area contributed by atoms with Crippen LogP contribution in [0.4, 0.5) is 11.4 Å². The Morgan fingerprint density at radius 1 is 1.23 bits per heavy atom. The number of benzene rings is 1. The third kappa shape index (κ3) is 1.95. The SMILES string of the molecule is CC(=O)c1ccc(NO)c(NO)c1. The number of nitrogens with one attached hydrogen (secondary N) is 2. The largest absolute Gasteiger partial charge is 0.295 e. The van der Waals surface area contributed by atoms with Crippen molar-refractivity contribution in [2.24, 2.45) is 0 Å². The Labute approximate surface area is 74.9 Å². The van der Waals surface area contributed by atoms with Crippen LogP contribution in [0.5, 0.6) is 0 Å². The summed E-state index contributed by atoms with van der Waals surface area (Å²) in [5, 5.41) is 17.2. The summed E-state index contributed by atoms with van der Waals surface area (Å²) in [4.78, 5) is 10.9. The molecule has 1 aromatic rings. The van der Waals surface area contributed by atoms with Gasteiger partial charge in [0.25, 0.3) is 0 Å². The van der Waals surface area contributed by atoms with E-state index < -0.39 is 0 Å². The highest BCUT2D eigenvalue weighted by atomic mass is 16.5. The summed E-state index contributed by atoms with van der Waals surface area (Å²) in [7, 11) is 0. The molecular weight excluding hydrogens is 172 g/mol. The molecule has 13 heavy (non-hydrogen) atoms. The van der Waals surface area contributed by atoms with Crippen molar-refractivity contribution >= 4 is 17.2 Å². The van der Waals surface area contributed by atoms with Crippen LogP contribution in [0, 0.1) is 0 Å². The van der Waals surface area contributed by atoms with Gasteiger partial charge < -0.3 is 0 Å². The summed E-state index contributed by atoms with van der Waals surface area (Å²) in [6.45, 7) is 1.42. The van der Waals surface area contributed by atoms with Crippen LogP contribution in [-0.4, -0.2) is 16.2 Å². The van der Waals surface area contributed by atoms with Crippen LogP contribution in [-0.2, 0) is 0 Å². The van der Waals surface area contributed by atoms with Crippen LogP contribution in [0.1, 0.15) is 17.3 Å². The lowest BCUT2D eigenvalue weighted by atomic mass is 10.1. The predicted octanol–water partition coefficient (Wildman–Crippen LogP) is 1.49. The summed E-state index contributed by atoms with van der Waals surface area (Å²) < 4.78 is 0. The third-order valence-electron chi connectivity index (χ3n) is 1.67. The summed E-state index contributed by atoms with van der Waals surface area (Å²) in [5.74, 6) is -0.110. The Kier molecular flexibility index (Phi) is 2.84. The second-order valence-corrected chi connectivity index (χ2v) is 2.54. The summed E-state index contributed by atoms with van der Waals surface area (Å²) >= 11 is 0. The Hall–Kier alpha value is -1.59. The van der Waals surface area contributed by atoms with Gasteiger partial charge in [0.15, 0.2) is 5.78 Å². The van der Waals surface area contributed by atoms with Gasteiger partial charge in [0.2, 0.25) is 0 Å². The summed E-state index contributed by atoms with van der Waals surface area (Å²) in [6, 6.07) is 4.46.